The molecule has 0 bridgehead atoms. The van der Waals surface area contributed by atoms with Gasteiger partial charge in [0.1, 0.15) is 0 Å². The number of hydrogen-bond donors (Lipinski definition) is 1. The average molecular weight is 273 g/mol. The zero-order valence-corrected chi connectivity index (χ0v) is 11.3. The molecule has 0 aliphatic carbocycles. The van der Waals surface area contributed by atoms with Gasteiger partial charge in [0.25, 0.3) is 0 Å². The maximum Gasteiger partial charge on any atom is 0.311 e. The lowest BCUT2D eigenvalue weighted by Crippen LogP contribution is -1.98. The van der Waals surface area contributed by atoms with Crippen LogP contribution in [0.5, 0.6) is 11.6 Å². The molecule has 1 aromatic carbocycles. The van der Waals surface area contributed by atoms with Crippen LogP contribution in [-0.2, 0) is 6.42 Å². The van der Waals surface area contributed by atoms with Crippen LogP contribution >= 0.6 is 0 Å². The largest absolute Gasteiger partial charge is 0.432 e. The number of hydrogen-bond acceptors (Lipinski definition) is 5. The third kappa shape index (κ3) is 2.85. The van der Waals surface area contributed by atoms with E-state index in [4.69, 9.17) is 10.5 Å². The molecule has 0 spiro atoms. The molecule has 0 radical (unpaired) electrons. The molecule has 0 amide bonds. The fourth-order valence-electron chi connectivity index (χ4n) is 1.73. The minimum absolute atomic E-state index is 0.0689. The third-order valence-electron chi connectivity index (χ3n) is 2.94. The Labute approximate surface area is 116 Å². The molecular weight excluding hydrogens is 258 g/mol. The zero-order chi connectivity index (χ0) is 14.7. The first-order valence-corrected chi connectivity index (χ1v) is 6.19. The smallest absolute Gasteiger partial charge is 0.311 e. The Morgan fingerprint density at radius 1 is 1.35 bits per heavy atom. The second-order valence-corrected chi connectivity index (χ2v) is 4.34. The number of rotatable bonds is 4. The molecule has 0 aliphatic rings. The van der Waals surface area contributed by atoms with Crippen LogP contribution in [0.4, 0.5) is 11.4 Å². The van der Waals surface area contributed by atoms with Crippen molar-refractivity contribution < 1.29 is 9.66 Å². The SMILES string of the molecule is CCc1ccc(Oc2ccc(N)c(C)n2)c([N+](=O)[O-])c1. The van der Waals surface area contributed by atoms with Crippen molar-refractivity contribution >= 4 is 11.4 Å². The summed E-state index contributed by atoms with van der Waals surface area (Å²) in [5.74, 6) is 0.452. The number of ether oxygens (including phenoxy) is 1. The van der Waals surface area contributed by atoms with E-state index in [0.717, 1.165) is 12.0 Å². The summed E-state index contributed by atoms with van der Waals surface area (Å²) in [6, 6.07) is 8.14. The lowest BCUT2D eigenvalue weighted by molar-refractivity contribution is -0.385. The molecule has 1 aromatic heterocycles. The van der Waals surface area contributed by atoms with E-state index in [-0.39, 0.29) is 17.3 Å². The van der Waals surface area contributed by atoms with E-state index in [0.29, 0.717) is 11.4 Å². The summed E-state index contributed by atoms with van der Waals surface area (Å²) in [6.45, 7) is 3.68. The van der Waals surface area contributed by atoms with Gasteiger partial charge in [-0.2, -0.15) is 0 Å². The Kier molecular flexibility index (Phi) is 3.84. The maximum absolute atomic E-state index is 11.1. The van der Waals surface area contributed by atoms with Crippen LogP contribution < -0.4 is 10.5 Å². The number of nitro groups is 1. The molecule has 1 heterocycles. The summed E-state index contributed by atoms with van der Waals surface area (Å²) >= 11 is 0. The molecule has 104 valence electrons. The normalized spacial score (nSPS) is 10.3. The van der Waals surface area contributed by atoms with E-state index < -0.39 is 4.92 Å². The highest BCUT2D eigenvalue weighted by molar-refractivity contribution is 5.51. The lowest BCUT2D eigenvalue weighted by Gasteiger charge is -2.08. The number of benzene rings is 1. The molecule has 20 heavy (non-hydrogen) atoms. The van der Waals surface area contributed by atoms with Gasteiger partial charge in [0, 0.05) is 12.1 Å². The van der Waals surface area contributed by atoms with Gasteiger partial charge in [0.05, 0.1) is 16.3 Å². The summed E-state index contributed by atoms with van der Waals surface area (Å²) < 4.78 is 5.50. The van der Waals surface area contributed by atoms with Crippen molar-refractivity contribution in [3.8, 4) is 11.6 Å². The molecule has 0 atom stereocenters. The van der Waals surface area contributed by atoms with Crippen molar-refractivity contribution in [1.82, 2.24) is 4.98 Å². The van der Waals surface area contributed by atoms with Crippen LogP contribution in [0.15, 0.2) is 30.3 Å². The molecule has 0 fully saturated rings. The number of aryl methyl sites for hydroxylation is 2. The van der Waals surface area contributed by atoms with Gasteiger partial charge in [-0.3, -0.25) is 10.1 Å². The van der Waals surface area contributed by atoms with Gasteiger partial charge in [0.2, 0.25) is 11.6 Å². The van der Waals surface area contributed by atoms with Gasteiger partial charge in [-0.1, -0.05) is 13.0 Å². The Bertz CT molecular complexity index is 656. The predicted octanol–water partition coefficient (Wildman–Crippen LogP) is 3.24. The minimum atomic E-state index is -0.460. The quantitative estimate of drug-likeness (QED) is 0.682. The van der Waals surface area contributed by atoms with Crippen LogP contribution in [0.25, 0.3) is 0 Å². The van der Waals surface area contributed by atoms with Gasteiger partial charge in [-0.25, -0.2) is 4.98 Å². The molecule has 2 aromatic rings. The molecule has 6 nitrogen and oxygen atoms in total. The summed E-state index contributed by atoms with van der Waals surface area (Å²) in [7, 11) is 0. The zero-order valence-electron chi connectivity index (χ0n) is 11.3. The van der Waals surface area contributed by atoms with Crippen LogP contribution in [0.2, 0.25) is 0 Å². The highest BCUT2D eigenvalue weighted by Crippen LogP contribution is 2.32. The van der Waals surface area contributed by atoms with Gasteiger partial charge < -0.3 is 10.5 Å². The molecule has 0 saturated heterocycles. The predicted molar refractivity (Wildman–Crippen MR) is 75.9 cm³/mol. The standard InChI is InChI=1S/C14H15N3O3/c1-3-10-4-6-13(12(8-10)17(18)19)20-14-7-5-11(15)9(2)16-14/h4-8H,3,15H2,1-2H3. The van der Waals surface area contributed by atoms with Crippen LogP contribution in [0, 0.1) is 17.0 Å². The van der Waals surface area contributed by atoms with E-state index in [9.17, 15) is 10.1 Å². The van der Waals surface area contributed by atoms with Crippen LogP contribution in [0.1, 0.15) is 18.2 Å². The van der Waals surface area contributed by atoms with Crippen molar-refractivity contribution in [2.45, 2.75) is 20.3 Å². The van der Waals surface area contributed by atoms with Crippen molar-refractivity contribution in [2.75, 3.05) is 5.73 Å². The number of aromatic nitrogens is 1. The molecule has 0 saturated carbocycles. The van der Waals surface area contributed by atoms with Crippen molar-refractivity contribution in [3.63, 3.8) is 0 Å². The topological polar surface area (TPSA) is 91.3 Å². The van der Waals surface area contributed by atoms with E-state index in [1.165, 1.54) is 6.07 Å². The highest BCUT2D eigenvalue weighted by atomic mass is 16.6. The van der Waals surface area contributed by atoms with E-state index >= 15 is 0 Å². The fourth-order valence-corrected chi connectivity index (χ4v) is 1.73. The Morgan fingerprint density at radius 3 is 2.70 bits per heavy atom. The first-order chi connectivity index (χ1) is 9.51. The van der Waals surface area contributed by atoms with Gasteiger partial charge in [-0.15, -0.1) is 0 Å². The van der Waals surface area contributed by atoms with Crippen LogP contribution in [0.3, 0.4) is 0 Å². The van der Waals surface area contributed by atoms with E-state index in [1.807, 2.05) is 6.92 Å². The van der Waals surface area contributed by atoms with Crippen LogP contribution in [-0.4, -0.2) is 9.91 Å². The number of nitrogen functional groups attached to an aromatic ring is 1. The van der Waals surface area contributed by atoms with Crippen molar-refractivity contribution in [3.05, 3.63) is 51.7 Å². The number of pyridine rings is 1. The number of anilines is 1. The van der Waals surface area contributed by atoms with E-state index in [2.05, 4.69) is 4.98 Å². The van der Waals surface area contributed by atoms with Gasteiger partial charge in [0.15, 0.2) is 0 Å². The maximum atomic E-state index is 11.1. The number of nitro benzene ring substituents is 1. The summed E-state index contributed by atoms with van der Waals surface area (Å²) in [5.41, 5.74) is 7.65. The minimum Gasteiger partial charge on any atom is -0.432 e. The Balaban J connectivity index is 2.37. The third-order valence-corrected chi connectivity index (χ3v) is 2.94. The molecule has 0 unspecified atom stereocenters. The highest BCUT2D eigenvalue weighted by Gasteiger charge is 2.17. The molecular formula is C14H15N3O3. The Morgan fingerprint density at radius 2 is 2.10 bits per heavy atom. The first kappa shape index (κ1) is 13.8. The molecule has 2 rings (SSSR count). The summed E-state index contributed by atoms with van der Waals surface area (Å²) in [5, 5.41) is 11.1. The van der Waals surface area contributed by atoms with Gasteiger partial charge in [-0.05, 0) is 31.0 Å². The second-order valence-electron chi connectivity index (χ2n) is 4.34. The van der Waals surface area contributed by atoms with Gasteiger partial charge >= 0.3 is 5.69 Å². The molecule has 2 N–H and O–H groups in total. The first-order valence-electron chi connectivity index (χ1n) is 6.19. The van der Waals surface area contributed by atoms with E-state index in [1.54, 1.807) is 31.2 Å². The number of nitrogens with zero attached hydrogens (tertiary/aromatic N) is 2. The average Bonchev–Trinajstić information content (AvgIpc) is 2.43. The monoisotopic (exact) mass is 273 g/mol. The number of nitrogens with two attached hydrogens (primary N) is 1. The van der Waals surface area contributed by atoms with Crippen molar-refractivity contribution in [2.24, 2.45) is 0 Å². The Hall–Kier alpha value is -2.63. The molecule has 6 heteroatoms. The second kappa shape index (κ2) is 5.56. The lowest BCUT2D eigenvalue weighted by atomic mass is 10.1. The van der Waals surface area contributed by atoms with Crippen molar-refractivity contribution in [1.29, 1.82) is 0 Å². The summed E-state index contributed by atoms with van der Waals surface area (Å²) in [6.07, 6.45) is 0.723. The molecule has 0 aliphatic heterocycles. The summed E-state index contributed by atoms with van der Waals surface area (Å²) in [4.78, 5) is 14.8. The fraction of sp³-hybridized carbons (Fsp3) is 0.214.